The molecule has 1 unspecified atom stereocenters. The molecule has 0 amide bonds. The Balaban J connectivity index is 1.44. The van der Waals surface area contributed by atoms with Gasteiger partial charge in [0.1, 0.15) is 0 Å². The van der Waals surface area contributed by atoms with Crippen LogP contribution in [-0.2, 0) is 24.0 Å². The highest BCUT2D eigenvalue weighted by Gasteiger charge is 2.53. The molecule has 3 aliphatic carbocycles. The maximum absolute atomic E-state index is 13.2. The Labute approximate surface area is 171 Å². The summed E-state index contributed by atoms with van der Waals surface area (Å²) in [5.41, 5.74) is 2.32. The van der Waals surface area contributed by atoms with Crippen LogP contribution in [0.25, 0.3) is 0 Å². The van der Waals surface area contributed by atoms with Gasteiger partial charge in [0.25, 0.3) is 0 Å². The highest BCUT2D eigenvalue weighted by molar-refractivity contribution is 7.85. The van der Waals surface area contributed by atoms with E-state index in [-0.39, 0.29) is 6.61 Å². The van der Waals surface area contributed by atoms with Crippen molar-refractivity contribution in [1.29, 1.82) is 0 Å². The molecular weight excluding hydrogens is 366 g/mol. The van der Waals surface area contributed by atoms with E-state index in [4.69, 9.17) is 0 Å². The minimum atomic E-state index is -1.29. The van der Waals surface area contributed by atoms with Gasteiger partial charge in [-0.3, -0.25) is 0 Å². The fraction of sp³-hybridized carbons (Fsp3) is 0.500. The average Bonchev–Trinajstić information content (AvgIpc) is 2.73. The topological polar surface area (TPSA) is 49.3 Å². The molecular formula is C24H31NO2S. The highest BCUT2D eigenvalue weighted by atomic mass is 32.2. The number of aliphatic hydroxyl groups excluding tert-OH is 1. The van der Waals surface area contributed by atoms with Gasteiger partial charge in [-0.25, -0.2) is 4.21 Å². The van der Waals surface area contributed by atoms with Crippen molar-refractivity contribution in [2.45, 2.75) is 56.1 Å². The molecule has 0 aliphatic heterocycles. The molecule has 2 bridgehead atoms. The first-order chi connectivity index (χ1) is 13.5. The van der Waals surface area contributed by atoms with E-state index in [1.54, 1.807) is 0 Å². The van der Waals surface area contributed by atoms with Crippen LogP contribution in [0.2, 0.25) is 0 Å². The van der Waals surface area contributed by atoms with Crippen LogP contribution in [0.4, 0.5) is 0 Å². The van der Waals surface area contributed by atoms with Crippen molar-refractivity contribution < 1.29 is 9.32 Å². The number of nitrogens with one attached hydrogen (secondary N) is 1. The number of fused-ring (bicyclic) bond motifs is 2. The third kappa shape index (κ3) is 3.58. The molecule has 3 nitrogen and oxygen atoms in total. The molecule has 0 radical (unpaired) electrons. The maximum atomic E-state index is 13.2. The van der Waals surface area contributed by atoms with Gasteiger partial charge >= 0.3 is 0 Å². The lowest BCUT2D eigenvalue weighted by molar-refractivity contribution is -0.103. The smallest absolute Gasteiger partial charge is 0.0856 e. The summed E-state index contributed by atoms with van der Waals surface area (Å²) in [6, 6.07) is 15.4. The number of benzene rings is 2. The zero-order valence-electron chi connectivity index (χ0n) is 16.9. The van der Waals surface area contributed by atoms with Gasteiger partial charge in [0.15, 0.2) is 0 Å². The van der Waals surface area contributed by atoms with Gasteiger partial charge < -0.3 is 10.4 Å². The average molecular weight is 398 g/mol. The van der Waals surface area contributed by atoms with Crippen LogP contribution in [0.1, 0.15) is 44.2 Å². The summed E-state index contributed by atoms with van der Waals surface area (Å²) in [4.78, 5) is 1.54. The first-order valence-corrected chi connectivity index (χ1v) is 11.6. The summed E-state index contributed by atoms with van der Waals surface area (Å²) >= 11 is 0. The summed E-state index contributed by atoms with van der Waals surface area (Å²) in [6.07, 6.45) is 4.11. The van der Waals surface area contributed by atoms with Gasteiger partial charge in [0, 0.05) is 16.3 Å². The molecule has 0 heterocycles. The van der Waals surface area contributed by atoms with E-state index in [9.17, 15) is 9.32 Å². The number of rotatable bonds is 7. The Morgan fingerprint density at radius 2 is 1.68 bits per heavy atom. The van der Waals surface area contributed by atoms with E-state index >= 15 is 0 Å². The van der Waals surface area contributed by atoms with E-state index in [1.807, 2.05) is 42.5 Å². The number of hydrogen-bond donors (Lipinski definition) is 2. The number of hydrogen-bond acceptors (Lipinski definition) is 3. The molecule has 4 atom stereocenters. The predicted molar refractivity (Wildman–Crippen MR) is 113 cm³/mol. The summed E-state index contributed by atoms with van der Waals surface area (Å²) in [5, 5.41) is 13.2. The van der Waals surface area contributed by atoms with E-state index < -0.39 is 10.8 Å². The Hall–Kier alpha value is -1.49. The third-order valence-corrected chi connectivity index (χ3v) is 8.83. The lowest BCUT2D eigenvalue weighted by Gasteiger charge is -2.60. The van der Waals surface area contributed by atoms with Crippen LogP contribution >= 0.6 is 0 Å². The van der Waals surface area contributed by atoms with Crippen LogP contribution in [0.5, 0.6) is 0 Å². The Kier molecular flexibility index (Phi) is 5.73. The normalized spacial score (nSPS) is 26.5. The van der Waals surface area contributed by atoms with Crippen LogP contribution in [0.3, 0.4) is 0 Å². The Morgan fingerprint density at radius 3 is 2.32 bits per heavy atom. The van der Waals surface area contributed by atoms with Gasteiger partial charge in [-0.1, -0.05) is 50.2 Å². The van der Waals surface area contributed by atoms with Crippen molar-refractivity contribution >= 4 is 10.8 Å². The van der Waals surface area contributed by atoms with Crippen LogP contribution < -0.4 is 5.32 Å². The molecule has 3 aliphatic rings. The molecule has 3 fully saturated rings. The minimum Gasteiger partial charge on any atom is -0.392 e. The molecule has 0 saturated heterocycles. The summed E-state index contributed by atoms with van der Waals surface area (Å²) < 4.78 is 13.2. The number of aliphatic hydroxyl groups is 1. The fourth-order valence-corrected chi connectivity index (χ4v) is 6.75. The van der Waals surface area contributed by atoms with Gasteiger partial charge in [-0.15, -0.1) is 0 Å². The second-order valence-electron chi connectivity index (χ2n) is 8.97. The Morgan fingerprint density at radius 1 is 1.04 bits per heavy atom. The highest BCUT2D eigenvalue weighted by Crippen LogP contribution is 2.61. The minimum absolute atomic E-state index is 0.0951. The van der Waals surface area contributed by atoms with Crippen LogP contribution in [0.15, 0.2) is 58.3 Å². The lowest BCUT2D eigenvalue weighted by Crippen LogP contribution is -2.54. The standard InChI is InChI=1S/C24H31NO2S/c1-24(2)20-12-11-17(21(24)13-20)14-25-15-18-7-3-5-9-22(18)28(27)23-10-6-4-8-19(23)16-26/h3-10,17,20-21,25-26H,11-16H2,1-2H3/t17-,20-,21-,28?/m1/s1. The van der Waals surface area contributed by atoms with Crippen LogP contribution in [0, 0.1) is 23.2 Å². The molecule has 150 valence electrons. The first kappa shape index (κ1) is 19.8. The van der Waals surface area contributed by atoms with Crippen molar-refractivity contribution in [2.75, 3.05) is 6.54 Å². The van der Waals surface area contributed by atoms with E-state index in [2.05, 4.69) is 25.2 Å². The molecule has 0 spiro atoms. The molecule has 3 saturated carbocycles. The second kappa shape index (κ2) is 8.10. The summed E-state index contributed by atoms with van der Waals surface area (Å²) in [5.74, 6) is 2.54. The largest absolute Gasteiger partial charge is 0.392 e. The van der Waals surface area contributed by atoms with E-state index in [0.717, 1.165) is 46.9 Å². The first-order valence-electron chi connectivity index (χ1n) is 10.4. The lowest BCUT2D eigenvalue weighted by atomic mass is 9.45. The van der Waals surface area contributed by atoms with Crippen LogP contribution in [-0.4, -0.2) is 15.9 Å². The van der Waals surface area contributed by atoms with Gasteiger partial charge in [-0.05, 0) is 72.2 Å². The summed E-state index contributed by atoms with van der Waals surface area (Å²) in [7, 11) is -1.29. The second-order valence-corrected chi connectivity index (χ2v) is 10.4. The van der Waals surface area contributed by atoms with Gasteiger partial charge in [0.05, 0.1) is 17.4 Å². The maximum Gasteiger partial charge on any atom is 0.0856 e. The molecule has 2 aromatic carbocycles. The van der Waals surface area contributed by atoms with E-state index in [0.29, 0.717) is 10.3 Å². The van der Waals surface area contributed by atoms with Crippen molar-refractivity contribution in [2.24, 2.45) is 23.2 Å². The SMILES string of the molecule is CC1(C)[C@@H]2CC[C@H](CNCc3ccccc3S(=O)c3ccccc3CO)[C@H]1C2. The van der Waals surface area contributed by atoms with E-state index in [1.165, 1.54) is 19.3 Å². The van der Waals surface area contributed by atoms with Crippen molar-refractivity contribution in [3.63, 3.8) is 0 Å². The molecule has 4 heteroatoms. The predicted octanol–water partition coefficient (Wildman–Crippen LogP) is 4.51. The Bertz CT molecular complexity index is 861. The van der Waals surface area contributed by atoms with Gasteiger partial charge in [-0.2, -0.15) is 0 Å². The van der Waals surface area contributed by atoms with Crippen molar-refractivity contribution in [1.82, 2.24) is 5.32 Å². The van der Waals surface area contributed by atoms with Crippen molar-refractivity contribution in [3.05, 3.63) is 59.7 Å². The molecule has 0 aromatic heterocycles. The zero-order chi connectivity index (χ0) is 19.7. The fourth-order valence-electron chi connectivity index (χ4n) is 5.36. The quantitative estimate of drug-likeness (QED) is 0.723. The van der Waals surface area contributed by atoms with Gasteiger partial charge in [0.2, 0.25) is 0 Å². The molecule has 2 aromatic rings. The molecule has 28 heavy (non-hydrogen) atoms. The third-order valence-electron chi connectivity index (χ3n) is 7.24. The molecule has 2 N–H and O–H groups in total. The summed E-state index contributed by atoms with van der Waals surface area (Å²) in [6.45, 7) is 6.55. The molecule has 5 rings (SSSR count). The van der Waals surface area contributed by atoms with Crippen molar-refractivity contribution in [3.8, 4) is 0 Å². The monoisotopic (exact) mass is 397 g/mol. The zero-order valence-corrected chi connectivity index (χ0v) is 17.7.